The maximum Gasteiger partial charge on any atom is 0.222 e. The first-order valence-electron chi connectivity index (χ1n) is 6.79. The molecule has 1 unspecified atom stereocenters. The molecule has 0 bridgehead atoms. The summed E-state index contributed by atoms with van der Waals surface area (Å²) in [6, 6.07) is 0. The lowest BCUT2D eigenvalue weighted by Gasteiger charge is -2.25. The van der Waals surface area contributed by atoms with Crippen molar-refractivity contribution in [2.45, 2.75) is 63.1 Å². The Bertz CT molecular complexity index is 255. The number of nitrogens with one attached hydrogen (secondary N) is 1. The van der Waals surface area contributed by atoms with Crippen molar-refractivity contribution in [2.75, 3.05) is 13.2 Å². The third-order valence-corrected chi connectivity index (χ3v) is 3.84. The second-order valence-electron chi connectivity index (χ2n) is 5.40. The highest BCUT2D eigenvalue weighted by molar-refractivity contribution is 5.76. The average molecular weight is 241 g/mol. The van der Waals surface area contributed by atoms with Crippen molar-refractivity contribution in [1.29, 1.82) is 0 Å². The first-order valence-corrected chi connectivity index (χ1v) is 6.79. The number of hydrogen-bond acceptors (Lipinski definition) is 3. The average Bonchev–Trinajstić information content (AvgIpc) is 2.76. The third-order valence-electron chi connectivity index (χ3n) is 3.84. The number of rotatable bonds is 4. The molecule has 0 radical (unpaired) electrons. The van der Waals surface area contributed by atoms with E-state index < -0.39 is 5.60 Å². The Hall–Kier alpha value is -0.610. The molecule has 1 heterocycles. The van der Waals surface area contributed by atoms with E-state index in [-0.39, 0.29) is 12.0 Å². The predicted octanol–water partition coefficient (Wildman–Crippen LogP) is 1.37. The van der Waals surface area contributed by atoms with Crippen molar-refractivity contribution in [3.63, 3.8) is 0 Å². The normalized spacial score (nSPS) is 27.9. The lowest BCUT2D eigenvalue weighted by Crippen LogP contribution is -2.42. The molecule has 0 aromatic carbocycles. The molecule has 1 saturated heterocycles. The number of hydrogen-bond donors (Lipinski definition) is 2. The molecule has 0 aromatic heterocycles. The fourth-order valence-electron chi connectivity index (χ4n) is 2.72. The molecule has 2 fully saturated rings. The highest BCUT2D eigenvalue weighted by Gasteiger charge is 2.31. The highest BCUT2D eigenvalue weighted by atomic mass is 16.5. The van der Waals surface area contributed by atoms with E-state index >= 15 is 0 Å². The van der Waals surface area contributed by atoms with Gasteiger partial charge in [0.25, 0.3) is 0 Å². The van der Waals surface area contributed by atoms with Crippen molar-refractivity contribution in [3.05, 3.63) is 0 Å². The summed E-state index contributed by atoms with van der Waals surface area (Å²) < 4.78 is 5.52. The lowest BCUT2D eigenvalue weighted by molar-refractivity contribution is -0.126. The Morgan fingerprint density at radius 2 is 2.06 bits per heavy atom. The quantitative estimate of drug-likeness (QED) is 0.781. The number of ether oxygens (including phenoxy) is 1. The smallest absolute Gasteiger partial charge is 0.222 e. The van der Waals surface area contributed by atoms with Gasteiger partial charge in [-0.25, -0.2) is 0 Å². The molecule has 17 heavy (non-hydrogen) atoms. The van der Waals surface area contributed by atoms with Crippen LogP contribution >= 0.6 is 0 Å². The maximum absolute atomic E-state index is 11.7. The van der Waals surface area contributed by atoms with Gasteiger partial charge < -0.3 is 15.2 Å². The van der Waals surface area contributed by atoms with Gasteiger partial charge in [-0.2, -0.15) is 0 Å². The number of amides is 1. The molecule has 1 aliphatic carbocycles. The van der Waals surface area contributed by atoms with Gasteiger partial charge in [-0.05, 0) is 32.1 Å². The van der Waals surface area contributed by atoms with Gasteiger partial charge in [0.2, 0.25) is 5.91 Å². The Balaban J connectivity index is 1.66. The fourth-order valence-corrected chi connectivity index (χ4v) is 2.72. The van der Waals surface area contributed by atoms with Gasteiger partial charge in [-0.1, -0.05) is 12.8 Å². The van der Waals surface area contributed by atoms with Crippen LogP contribution in [0.25, 0.3) is 0 Å². The van der Waals surface area contributed by atoms with Crippen LogP contribution in [0, 0.1) is 0 Å². The first kappa shape index (κ1) is 12.8. The molecular formula is C13H23NO3. The van der Waals surface area contributed by atoms with Gasteiger partial charge in [-0.3, -0.25) is 4.79 Å². The van der Waals surface area contributed by atoms with Gasteiger partial charge in [0, 0.05) is 13.2 Å². The van der Waals surface area contributed by atoms with E-state index in [1.165, 1.54) is 0 Å². The van der Waals surface area contributed by atoms with Crippen LogP contribution in [-0.2, 0) is 9.53 Å². The maximum atomic E-state index is 11.7. The summed E-state index contributed by atoms with van der Waals surface area (Å²) in [4.78, 5) is 11.7. The standard InChI is InChI=1S/C13H23NO3/c15-12(9-11-5-1-4-8-17-11)14-10-13(16)6-2-3-7-13/h11,16H,1-10H2,(H,14,15). The van der Waals surface area contributed by atoms with E-state index in [2.05, 4.69) is 5.32 Å². The Labute approximate surface area is 103 Å². The zero-order valence-corrected chi connectivity index (χ0v) is 10.4. The summed E-state index contributed by atoms with van der Waals surface area (Å²) in [6.07, 6.45) is 7.53. The van der Waals surface area contributed by atoms with Crippen LogP contribution in [0.5, 0.6) is 0 Å². The van der Waals surface area contributed by atoms with Gasteiger partial charge in [0.15, 0.2) is 0 Å². The molecule has 1 atom stereocenters. The predicted molar refractivity (Wildman–Crippen MR) is 64.6 cm³/mol. The van der Waals surface area contributed by atoms with Crippen molar-refractivity contribution in [2.24, 2.45) is 0 Å². The fraction of sp³-hybridized carbons (Fsp3) is 0.923. The zero-order chi connectivity index (χ0) is 12.1. The lowest BCUT2D eigenvalue weighted by atomic mass is 10.0. The van der Waals surface area contributed by atoms with Gasteiger partial charge in [0.1, 0.15) is 0 Å². The molecule has 4 nitrogen and oxygen atoms in total. The van der Waals surface area contributed by atoms with Crippen LogP contribution in [0.2, 0.25) is 0 Å². The van der Waals surface area contributed by atoms with E-state index in [9.17, 15) is 9.90 Å². The molecule has 1 saturated carbocycles. The Kier molecular flexibility index (Phi) is 4.40. The van der Waals surface area contributed by atoms with Crippen LogP contribution in [0.15, 0.2) is 0 Å². The van der Waals surface area contributed by atoms with Crippen molar-refractivity contribution in [1.82, 2.24) is 5.32 Å². The second-order valence-corrected chi connectivity index (χ2v) is 5.40. The van der Waals surface area contributed by atoms with Crippen LogP contribution in [0.3, 0.4) is 0 Å². The van der Waals surface area contributed by atoms with Crippen LogP contribution in [0.4, 0.5) is 0 Å². The number of carbonyl (C=O) groups is 1. The summed E-state index contributed by atoms with van der Waals surface area (Å²) in [6.45, 7) is 1.18. The molecular weight excluding hydrogens is 218 g/mol. The SMILES string of the molecule is O=C(CC1CCCCO1)NCC1(O)CCCC1. The molecule has 0 aromatic rings. The van der Waals surface area contributed by atoms with Crippen molar-refractivity contribution in [3.8, 4) is 0 Å². The molecule has 4 heteroatoms. The Morgan fingerprint density at radius 1 is 1.29 bits per heavy atom. The number of carbonyl (C=O) groups excluding carboxylic acids is 1. The van der Waals surface area contributed by atoms with E-state index in [0.717, 1.165) is 51.6 Å². The van der Waals surface area contributed by atoms with E-state index in [4.69, 9.17) is 4.74 Å². The molecule has 1 amide bonds. The molecule has 1 aliphatic heterocycles. The minimum Gasteiger partial charge on any atom is -0.388 e. The van der Waals surface area contributed by atoms with Crippen molar-refractivity contribution >= 4 is 5.91 Å². The molecule has 0 spiro atoms. The molecule has 2 N–H and O–H groups in total. The summed E-state index contributed by atoms with van der Waals surface area (Å²) in [7, 11) is 0. The zero-order valence-electron chi connectivity index (χ0n) is 10.4. The molecule has 2 aliphatic rings. The second kappa shape index (κ2) is 5.83. The van der Waals surface area contributed by atoms with Crippen LogP contribution in [-0.4, -0.2) is 35.9 Å². The molecule has 2 rings (SSSR count). The van der Waals surface area contributed by atoms with E-state index in [1.54, 1.807) is 0 Å². The summed E-state index contributed by atoms with van der Waals surface area (Å²) >= 11 is 0. The Morgan fingerprint density at radius 3 is 2.71 bits per heavy atom. The minimum absolute atomic E-state index is 0.0113. The first-order chi connectivity index (χ1) is 8.18. The summed E-state index contributed by atoms with van der Waals surface area (Å²) in [5.41, 5.74) is -0.650. The summed E-state index contributed by atoms with van der Waals surface area (Å²) in [5.74, 6) is 0.0113. The van der Waals surface area contributed by atoms with Crippen molar-refractivity contribution < 1.29 is 14.6 Å². The van der Waals surface area contributed by atoms with Crippen LogP contribution in [0.1, 0.15) is 51.4 Å². The topological polar surface area (TPSA) is 58.6 Å². The monoisotopic (exact) mass is 241 g/mol. The van der Waals surface area contributed by atoms with E-state index in [1.807, 2.05) is 0 Å². The minimum atomic E-state index is -0.650. The van der Waals surface area contributed by atoms with E-state index in [0.29, 0.717) is 13.0 Å². The molecule has 98 valence electrons. The van der Waals surface area contributed by atoms with Gasteiger partial charge in [-0.15, -0.1) is 0 Å². The van der Waals surface area contributed by atoms with Gasteiger partial charge >= 0.3 is 0 Å². The largest absolute Gasteiger partial charge is 0.388 e. The van der Waals surface area contributed by atoms with Crippen LogP contribution < -0.4 is 5.32 Å². The summed E-state index contributed by atoms with van der Waals surface area (Å²) in [5, 5.41) is 12.9. The third kappa shape index (κ3) is 3.96. The highest BCUT2D eigenvalue weighted by Crippen LogP contribution is 2.28. The van der Waals surface area contributed by atoms with Gasteiger partial charge in [0.05, 0.1) is 18.1 Å². The number of aliphatic hydroxyl groups is 1.